The van der Waals surface area contributed by atoms with Crippen molar-refractivity contribution in [3.63, 3.8) is 0 Å². The third-order valence-corrected chi connectivity index (χ3v) is 5.00. The average molecular weight is 453 g/mol. The van der Waals surface area contributed by atoms with Crippen molar-refractivity contribution in [2.45, 2.75) is 19.5 Å². The normalized spacial score (nSPS) is 12.3. The number of carbonyl (C=O) groups is 2. The van der Waals surface area contributed by atoms with E-state index in [0.717, 1.165) is 11.3 Å². The Morgan fingerprint density at radius 1 is 1.18 bits per heavy atom. The first kappa shape index (κ1) is 23.8. The van der Waals surface area contributed by atoms with Gasteiger partial charge in [0.15, 0.2) is 5.58 Å². The number of nitrogens with zero attached hydrogens (tertiary/aromatic N) is 2. The molecule has 2 amide bonds. The van der Waals surface area contributed by atoms with E-state index in [1.54, 1.807) is 50.4 Å². The van der Waals surface area contributed by atoms with Crippen LogP contribution in [0.25, 0.3) is 17.2 Å². The van der Waals surface area contributed by atoms with Crippen molar-refractivity contribution >= 4 is 34.7 Å². The number of methoxy groups -OCH3 is 1. The summed E-state index contributed by atoms with van der Waals surface area (Å²) in [6.07, 6.45) is 3.02. The van der Waals surface area contributed by atoms with Crippen LogP contribution in [0.15, 0.2) is 57.8 Å². The van der Waals surface area contributed by atoms with Gasteiger partial charge >= 0.3 is 5.76 Å². The second-order valence-corrected chi connectivity index (χ2v) is 7.83. The minimum Gasteiger partial charge on any atom is -0.497 e. The maximum Gasteiger partial charge on any atom is 0.419 e. The Balaban J connectivity index is 1.62. The molecule has 0 fully saturated rings. The monoisotopic (exact) mass is 452 g/mol. The molecule has 0 aliphatic heterocycles. The highest BCUT2D eigenvalue weighted by molar-refractivity contribution is 6.00. The van der Waals surface area contributed by atoms with Gasteiger partial charge in [-0.15, -0.1) is 0 Å². The first-order valence-corrected chi connectivity index (χ1v) is 10.5. The third kappa shape index (κ3) is 6.33. The zero-order valence-electron chi connectivity index (χ0n) is 19.1. The Kier molecular flexibility index (Phi) is 7.68. The maximum atomic E-state index is 12.6. The van der Waals surface area contributed by atoms with Gasteiger partial charge in [0.05, 0.1) is 12.6 Å². The molecule has 1 aromatic heterocycles. The van der Waals surface area contributed by atoms with Gasteiger partial charge in [-0.25, -0.2) is 4.79 Å². The van der Waals surface area contributed by atoms with E-state index in [0.29, 0.717) is 29.9 Å². The van der Waals surface area contributed by atoms with Crippen LogP contribution in [0.4, 0.5) is 5.69 Å². The molecule has 0 aliphatic carbocycles. The summed E-state index contributed by atoms with van der Waals surface area (Å²) >= 11 is 0. The van der Waals surface area contributed by atoms with Crippen molar-refractivity contribution in [3.8, 4) is 5.75 Å². The van der Waals surface area contributed by atoms with Crippen molar-refractivity contribution in [2.75, 3.05) is 33.1 Å². The Morgan fingerprint density at radius 2 is 1.91 bits per heavy atom. The number of rotatable bonds is 9. The third-order valence-electron chi connectivity index (χ3n) is 5.00. The number of ether oxygens (including phenoxy) is 1. The van der Waals surface area contributed by atoms with Gasteiger partial charge in [0.1, 0.15) is 11.8 Å². The highest BCUT2D eigenvalue weighted by atomic mass is 16.5. The molecule has 0 saturated carbocycles. The molecule has 0 bridgehead atoms. The van der Waals surface area contributed by atoms with Gasteiger partial charge in [-0.1, -0.05) is 12.1 Å². The lowest BCUT2D eigenvalue weighted by Gasteiger charge is -2.13. The first-order valence-electron chi connectivity index (χ1n) is 10.5. The van der Waals surface area contributed by atoms with Crippen LogP contribution in [-0.2, 0) is 16.1 Å². The number of aromatic nitrogens is 1. The molecule has 9 heteroatoms. The molecule has 0 aliphatic rings. The van der Waals surface area contributed by atoms with E-state index in [2.05, 4.69) is 10.6 Å². The molecule has 2 aromatic carbocycles. The fourth-order valence-corrected chi connectivity index (χ4v) is 3.12. The van der Waals surface area contributed by atoms with Crippen LogP contribution in [0.1, 0.15) is 12.5 Å². The van der Waals surface area contributed by atoms with E-state index in [4.69, 9.17) is 9.15 Å². The fourth-order valence-electron chi connectivity index (χ4n) is 3.12. The van der Waals surface area contributed by atoms with Crippen LogP contribution >= 0.6 is 0 Å². The first-order chi connectivity index (χ1) is 15.8. The van der Waals surface area contributed by atoms with E-state index in [1.165, 1.54) is 10.6 Å². The molecule has 0 radical (unpaired) electrons. The van der Waals surface area contributed by atoms with Crippen molar-refractivity contribution in [1.82, 2.24) is 14.8 Å². The van der Waals surface area contributed by atoms with Crippen LogP contribution in [0.3, 0.4) is 0 Å². The van der Waals surface area contributed by atoms with Crippen molar-refractivity contribution in [3.05, 3.63) is 64.7 Å². The van der Waals surface area contributed by atoms with Gasteiger partial charge in [0.2, 0.25) is 11.8 Å². The van der Waals surface area contributed by atoms with Crippen molar-refractivity contribution in [2.24, 2.45) is 0 Å². The summed E-state index contributed by atoms with van der Waals surface area (Å²) in [5.74, 6) is -0.493. The Bertz CT molecular complexity index is 1210. The Hall–Kier alpha value is -3.85. The van der Waals surface area contributed by atoms with E-state index < -0.39 is 17.7 Å². The molecule has 3 aromatic rings. The second-order valence-electron chi connectivity index (χ2n) is 7.83. The topological polar surface area (TPSA) is 106 Å². The molecule has 1 heterocycles. The lowest BCUT2D eigenvalue weighted by atomic mass is 10.2. The molecule has 0 saturated heterocycles. The molecule has 3 rings (SSSR count). The predicted molar refractivity (Wildman–Crippen MR) is 127 cm³/mol. The lowest BCUT2D eigenvalue weighted by Crippen LogP contribution is -2.40. The zero-order valence-corrected chi connectivity index (χ0v) is 19.1. The van der Waals surface area contributed by atoms with E-state index >= 15 is 0 Å². The average Bonchev–Trinajstić information content (AvgIpc) is 3.10. The minimum absolute atomic E-state index is 0.383. The molecule has 174 valence electrons. The molecule has 33 heavy (non-hydrogen) atoms. The SMILES string of the molecule is COc1ccc(/C=C/C(=O)NC(C)C(=O)Nc2ccc3oc(=O)n(CCN(C)C)c3c2)cc1. The maximum absolute atomic E-state index is 12.6. The van der Waals surface area contributed by atoms with Gasteiger partial charge in [-0.3, -0.25) is 14.2 Å². The van der Waals surface area contributed by atoms with E-state index in [-0.39, 0.29) is 5.91 Å². The predicted octanol–water partition coefficient (Wildman–Crippen LogP) is 2.32. The Labute approximate surface area is 191 Å². The number of oxazole rings is 1. The number of hydrogen-bond donors (Lipinski definition) is 2. The molecule has 0 spiro atoms. The number of carbonyl (C=O) groups excluding carboxylic acids is 2. The summed E-state index contributed by atoms with van der Waals surface area (Å²) in [4.78, 5) is 38.9. The molecular formula is C24H28N4O5. The molecule has 2 N–H and O–H groups in total. The summed E-state index contributed by atoms with van der Waals surface area (Å²) in [6.45, 7) is 2.72. The zero-order chi connectivity index (χ0) is 24.0. The quantitative estimate of drug-likeness (QED) is 0.483. The molecule has 1 unspecified atom stereocenters. The van der Waals surface area contributed by atoms with Crippen LogP contribution in [-0.4, -0.2) is 55.1 Å². The highest BCUT2D eigenvalue weighted by Crippen LogP contribution is 2.19. The summed E-state index contributed by atoms with van der Waals surface area (Å²) in [7, 11) is 5.42. The molecular weight excluding hydrogens is 424 g/mol. The number of fused-ring (bicyclic) bond motifs is 1. The smallest absolute Gasteiger partial charge is 0.419 e. The summed E-state index contributed by atoms with van der Waals surface area (Å²) in [6, 6.07) is 11.4. The second kappa shape index (κ2) is 10.6. The number of hydrogen-bond acceptors (Lipinski definition) is 6. The number of nitrogens with one attached hydrogen (secondary N) is 2. The number of amides is 2. The van der Waals surface area contributed by atoms with Gasteiger partial charge in [-0.05, 0) is 63.0 Å². The van der Waals surface area contributed by atoms with E-state index in [9.17, 15) is 14.4 Å². The van der Waals surface area contributed by atoms with Gasteiger partial charge in [0.25, 0.3) is 0 Å². The van der Waals surface area contributed by atoms with E-state index in [1.807, 2.05) is 31.1 Å². The summed E-state index contributed by atoms with van der Waals surface area (Å²) in [5.41, 5.74) is 2.37. The molecule has 1 atom stereocenters. The van der Waals surface area contributed by atoms with Gasteiger partial charge in [-0.2, -0.15) is 0 Å². The minimum atomic E-state index is -0.769. The Morgan fingerprint density at radius 3 is 2.58 bits per heavy atom. The van der Waals surface area contributed by atoms with Crippen LogP contribution in [0, 0.1) is 0 Å². The standard InChI is InChI=1S/C24H28N4O5/c1-16(25-22(29)12-7-17-5-9-19(32-4)10-6-17)23(30)26-18-8-11-21-20(15-18)28(24(31)33-21)14-13-27(2)3/h5-12,15-16H,13-14H2,1-4H3,(H,25,29)(H,26,30)/b12-7+. The number of benzene rings is 2. The fraction of sp³-hybridized carbons (Fsp3) is 0.292. The highest BCUT2D eigenvalue weighted by Gasteiger charge is 2.16. The summed E-state index contributed by atoms with van der Waals surface area (Å²) < 4.78 is 11.9. The van der Waals surface area contributed by atoms with Gasteiger partial charge < -0.3 is 24.7 Å². The van der Waals surface area contributed by atoms with Crippen LogP contribution in [0.5, 0.6) is 5.75 Å². The number of likely N-dealkylation sites (N-methyl/N-ethyl adjacent to an activating group) is 1. The lowest BCUT2D eigenvalue weighted by molar-refractivity contribution is -0.123. The van der Waals surface area contributed by atoms with Gasteiger partial charge in [0, 0.05) is 24.9 Å². The largest absolute Gasteiger partial charge is 0.497 e. The van der Waals surface area contributed by atoms with Crippen LogP contribution < -0.4 is 21.1 Å². The van der Waals surface area contributed by atoms with Crippen molar-refractivity contribution < 1.29 is 18.7 Å². The van der Waals surface area contributed by atoms with Crippen LogP contribution in [0.2, 0.25) is 0 Å². The number of anilines is 1. The molecule has 9 nitrogen and oxygen atoms in total. The van der Waals surface area contributed by atoms with Crippen molar-refractivity contribution in [1.29, 1.82) is 0 Å². The summed E-state index contributed by atoms with van der Waals surface area (Å²) in [5, 5.41) is 5.40.